The molecule has 0 unspecified atom stereocenters. The van der Waals surface area contributed by atoms with E-state index in [0.29, 0.717) is 5.02 Å². The first-order valence-electron chi connectivity index (χ1n) is 5.52. The number of primary sulfonamides is 1. The predicted octanol–water partition coefficient (Wildman–Crippen LogP) is 1.77. The second kappa shape index (κ2) is 5.76. The summed E-state index contributed by atoms with van der Waals surface area (Å²) < 4.78 is 35.9. The van der Waals surface area contributed by atoms with E-state index in [0.717, 1.165) is 18.2 Å². The molecule has 110 valence electrons. The summed E-state index contributed by atoms with van der Waals surface area (Å²) in [5.41, 5.74) is -0.154. The van der Waals surface area contributed by atoms with Crippen LogP contribution in [0, 0.1) is 5.82 Å². The number of carbonyl (C=O) groups is 1. The lowest BCUT2D eigenvalue weighted by Gasteiger charge is -2.07. The number of nitrogens with zero attached hydrogens (tertiary/aromatic N) is 1. The molecule has 1 aromatic carbocycles. The third-order valence-electron chi connectivity index (χ3n) is 2.48. The van der Waals surface area contributed by atoms with E-state index in [-0.39, 0.29) is 16.3 Å². The van der Waals surface area contributed by atoms with Crippen molar-refractivity contribution in [3.8, 4) is 0 Å². The molecular weight excluding hydrogens is 321 g/mol. The fourth-order valence-electron chi connectivity index (χ4n) is 1.47. The van der Waals surface area contributed by atoms with Gasteiger partial charge in [-0.15, -0.1) is 0 Å². The molecule has 0 saturated carbocycles. The van der Waals surface area contributed by atoms with E-state index in [9.17, 15) is 17.6 Å². The maximum atomic E-state index is 13.7. The van der Waals surface area contributed by atoms with Gasteiger partial charge >= 0.3 is 0 Å². The summed E-state index contributed by atoms with van der Waals surface area (Å²) in [7, 11) is -4.01. The Morgan fingerprint density at radius 2 is 2.00 bits per heavy atom. The Kier molecular flexibility index (Phi) is 4.21. The molecule has 0 spiro atoms. The number of rotatable bonds is 3. The molecule has 21 heavy (non-hydrogen) atoms. The molecule has 0 aliphatic rings. The van der Waals surface area contributed by atoms with Crippen molar-refractivity contribution in [3.05, 3.63) is 53.1 Å². The van der Waals surface area contributed by atoms with Crippen LogP contribution in [0.3, 0.4) is 0 Å². The van der Waals surface area contributed by atoms with E-state index in [1.165, 1.54) is 18.3 Å². The quantitative estimate of drug-likeness (QED) is 0.895. The number of amides is 1. The van der Waals surface area contributed by atoms with Gasteiger partial charge in [0.1, 0.15) is 11.5 Å². The van der Waals surface area contributed by atoms with Crippen LogP contribution in [0.25, 0.3) is 0 Å². The number of hydrogen-bond acceptors (Lipinski definition) is 4. The van der Waals surface area contributed by atoms with Crippen LogP contribution in [0.2, 0.25) is 5.02 Å². The van der Waals surface area contributed by atoms with E-state index in [1.54, 1.807) is 0 Å². The highest BCUT2D eigenvalue weighted by Crippen LogP contribution is 2.19. The number of anilines is 1. The van der Waals surface area contributed by atoms with Crippen LogP contribution in [0.5, 0.6) is 0 Å². The summed E-state index contributed by atoms with van der Waals surface area (Å²) in [6.07, 6.45) is 1.27. The molecule has 6 nitrogen and oxygen atoms in total. The maximum absolute atomic E-state index is 13.7. The minimum atomic E-state index is -4.01. The first-order chi connectivity index (χ1) is 9.77. The minimum Gasteiger partial charge on any atom is -0.318 e. The Morgan fingerprint density at radius 1 is 1.29 bits per heavy atom. The van der Waals surface area contributed by atoms with Gasteiger partial charge in [0, 0.05) is 6.20 Å². The van der Waals surface area contributed by atoms with Crippen LogP contribution in [-0.2, 0) is 10.0 Å². The molecule has 0 atom stereocenters. The molecule has 0 radical (unpaired) electrons. The molecule has 1 heterocycles. The van der Waals surface area contributed by atoms with Crippen LogP contribution in [0.1, 0.15) is 10.5 Å². The zero-order valence-corrected chi connectivity index (χ0v) is 12.0. The highest BCUT2D eigenvalue weighted by molar-refractivity contribution is 7.89. The first kappa shape index (κ1) is 15.4. The van der Waals surface area contributed by atoms with Gasteiger partial charge in [0.15, 0.2) is 0 Å². The zero-order valence-electron chi connectivity index (χ0n) is 10.4. The van der Waals surface area contributed by atoms with Gasteiger partial charge in [0.2, 0.25) is 10.0 Å². The normalized spacial score (nSPS) is 11.2. The number of benzene rings is 1. The van der Waals surface area contributed by atoms with Crippen LogP contribution >= 0.6 is 11.6 Å². The maximum Gasteiger partial charge on any atom is 0.274 e. The number of pyridine rings is 1. The van der Waals surface area contributed by atoms with E-state index in [4.69, 9.17) is 16.7 Å². The van der Waals surface area contributed by atoms with Gasteiger partial charge in [0.25, 0.3) is 5.91 Å². The Bertz CT molecular complexity index is 794. The lowest BCUT2D eigenvalue weighted by molar-refractivity contribution is 0.102. The van der Waals surface area contributed by atoms with Crippen molar-refractivity contribution in [1.29, 1.82) is 0 Å². The Morgan fingerprint density at radius 3 is 2.52 bits per heavy atom. The molecule has 3 N–H and O–H groups in total. The highest BCUT2D eigenvalue weighted by atomic mass is 35.5. The standard InChI is InChI=1S/C12H9ClFN3O3S/c13-7-1-3-11(16-6-7)12(18)17-10-4-2-8(5-9(10)14)21(15,19)20/h1-6H,(H,17,18)(H2,15,19,20). The predicted molar refractivity (Wildman–Crippen MR) is 75.0 cm³/mol. The monoisotopic (exact) mass is 329 g/mol. The van der Waals surface area contributed by atoms with Crippen molar-refractivity contribution in [3.63, 3.8) is 0 Å². The summed E-state index contributed by atoms with van der Waals surface area (Å²) in [5.74, 6) is -1.59. The third-order valence-corrected chi connectivity index (χ3v) is 3.61. The zero-order chi connectivity index (χ0) is 15.6. The number of nitrogens with one attached hydrogen (secondary N) is 1. The number of halogens is 2. The van der Waals surface area contributed by atoms with Gasteiger partial charge < -0.3 is 5.32 Å². The smallest absolute Gasteiger partial charge is 0.274 e. The van der Waals surface area contributed by atoms with Gasteiger partial charge in [-0.05, 0) is 30.3 Å². The molecule has 2 aromatic rings. The summed E-state index contributed by atoms with van der Waals surface area (Å²) >= 11 is 5.64. The molecule has 2 rings (SSSR count). The molecule has 0 fully saturated rings. The van der Waals surface area contributed by atoms with Crippen LogP contribution < -0.4 is 10.5 Å². The van der Waals surface area contributed by atoms with Crippen molar-refractivity contribution in [1.82, 2.24) is 4.98 Å². The summed E-state index contributed by atoms with van der Waals surface area (Å²) in [6, 6.07) is 5.74. The molecule has 0 saturated heterocycles. The third kappa shape index (κ3) is 3.75. The minimum absolute atomic E-state index is 0.0364. The van der Waals surface area contributed by atoms with Gasteiger partial charge in [0.05, 0.1) is 15.6 Å². The van der Waals surface area contributed by atoms with Crippen molar-refractivity contribution >= 4 is 33.2 Å². The van der Waals surface area contributed by atoms with E-state index in [1.807, 2.05) is 0 Å². The Hall–Kier alpha value is -2.03. The number of hydrogen-bond donors (Lipinski definition) is 2. The van der Waals surface area contributed by atoms with Crippen LogP contribution in [-0.4, -0.2) is 19.3 Å². The van der Waals surface area contributed by atoms with E-state index < -0.39 is 21.7 Å². The summed E-state index contributed by atoms with van der Waals surface area (Å²) in [6.45, 7) is 0. The van der Waals surface area contributed by atoms with Crippen LogP contribution in [0.15, 0.2) is 41.4 Å². The Balaban J connectivity index is 2.24. The van der Waals surface area contributed by atoms with Crippen LogP contribution in [0.4, 0.5) is 10.1 Å². The number of nitrogens with two attached hydrogens (primary N) is 1. The average molecular weight is 330 g/mol. The van der Waals surface area contributed by atoms with Gasteiger partial charge in [-0.3, -0.25) is 4.79 Å². The second-order valence-corrected chi connectivity index (χ2v) is 6.00. The van der Waals surface area contributed by atoms with Crippen molar-refractivity contribution in [2.24, 2.45) is 5.14 Å². The van der Waals surface area contributed by atoms with E-state index in [2.05, 4.69) is 10.3 Å². The largest absolute Gasteiger partial charge is 0.318 e. The Labute approximate surface area is 124 Å². The van der Waals surface area contributed by atoms with Gasteiger partial charge in [-0.2, -0.15) is 0 Å². The molecule has 1 amide bonds. The first-order valence-corrected chi connectivity index (χ1v) is 7.45. The van der Waals surface area contributed by atoms with Crippen molar-refractivity contribution < 1.29 is 17.6 Å². The molecule has 0 aliphatic heterocycles. The van der Waals surface area contributed by atoms with Gasteiger partial charge in [-0.25, -0.2) is 22.9 Å². The van der Waals surface area contributed by atoms with Gasteiger partial charge in [-0.1, -0.05) is 11.6 Å². The van der Waals surface area contributed by atoms with E-state index >= 15 is 0 Å². The number of sulfonamides is 1. The molecule has 0 bridgehead atoms. The number of aromatic nitrogens is 1. The lowest BCUT2D eigenvalue weighted by atomic mass is 10.3. The fourth-order valence-corrected chi connectivity index (χ4v) is 2.11. The topological polar surface area (TPSA) is 102 Å². The molecule has 1 aromatic heterocycles. The van der Waals surface area contributed by atoms with Crippen molar-refractivity contribution in [2.45, 2.75) is 4.90 Å². The fraction of sp³-hybridized carbons (Fsp3) is 0. The number of carbonyl (C=O) groups excluding carboxylic acids is 1. The second-order valence-electron chi connectivity index (χ2n) is 4.00. The SMILES string of the molecule is NS(=O)(=O)c1ccc(NC(=O)c2ccc(Cl)cn2)c(F)c1. The highest BCUT2D eigenvalue weighted by Gasteiger charge is 2.14. The molecule has 9 heteroatoms. The molecular formula is C12H9ClFN3O3S. The average Bonchev–Trinajstić information content (AvgIpc) is 2.40. The summed E-state index contributed by atoms with van der Waals surface area (Å²) in [4.78, 5) is 15.2. The lowest BCUT2D eigenvalue weighted by Crippen LogP contribution is -2.16. The summed E-state index contributed by atoms with van der Waals surface area (Å²) in [5, 5.41) is 7.50. The van der Waals surface area contributed by atoms with Crippen molar-refractivity contribution in [2.75, 3.05) is 5.32 Å². The molecule has 0 aliphatic carbocycles.